The van der Waals surface area contributed by atoms with Crippen LogP contribution in [0, 0.1) is 0 Å². The number of amides is 1. The minimum absolute atomic E-state index is 0.103. The first kappa shape index (κ1) is 26.0. The quantitative estimate of drug-likeness (QED) is 0.474. The van der Waals surface area contributed by atoms with E-state index in [1.54, 1.807) is 0 Å². The molecule has 0 saturated carbocycles. The molecule has 6 rings (SSSR count). The molecule has 1 N–H and O–H groups in total. The van der Waals surface area contributed by atoms with Crippen molar-refractivity contribution < 1.29 is 23.8 Å². The summed E-state index contributed by atoms with van der Waals surface area (Å²) >= 11 is 0. The van der Waals surface area contributed by atoms with Crippen LogP contribution in [0.25, 0.3) is 11.1 Å². The zero-order valence-electron chi connectivity index (χ0n) is 22.3. The molecule has 0 unspecified atom stereocenters. The van der Waals surface area contributed by atoms with Gasteiger partial charge in [-0.3, -0.25) is 14.6 Å². The zero-order valence-corrected chi connectivity index (χ0v) is 22.3. The molecule has 1 amide bonds. The highest BCUT2D eigenvalue weighted by Crippen LogP contribution is 2.37. The van der Waals surface area contributed by atoms with Crippen LogP contribution in [-0.4, -0.2) is 91.5 Å². The molecule has 2 aromatic carbocycles. The molecule has 0 spiro atoms. The highest BCUT2D eigenvalue weighted by Gasteiger charge is 2.31. The van der Waals surface area contributed by atoms with E-state index in [2.05, 4.69) is 33.0 Å². The SMILES string of the molecule is O=C(c1nc2c(o1)CN(CCO)CC2)N1CCCc2c(-c3cccc(OCCN4CCOCC4)c3)cccc21. The van der Waals surface area contributed by atoms with Gasteiger partial charge in [-0.15, -0.1) is 0 Å². The van der Waals surface area contributed by atoms with Gasteiger partial charge in [-0.2, -0.15) is 0 Å². The van der Waals surface area contributed by atoms with Gasteiger partial charge in [0.1, 0.15) is 18.1 Å². The molecule has 3 aliphatic heterocycles. The Kier molecular flexibility index (Phi) is 7.92. The second kappa shape index (κ2) is 11.9. The summed E-state index contributed by atoms with van der Waals surface area (Å²) in [6.45, 7) is 7.69. The number of anilines is 1. The molecule has 9 nitrogen and oxygen atoms in total. The van der Waals surface area contributed by atoms with Crippen molar-refractivity contribution >= 4 is 11.6 Å². The van der Waals surface area contributed by atoms with E-state index >= 15 is 0 Å². The first-order chi connectivity index (χ1) is 19.2. The number of aliphatic hydroxyl groups excluding tert-OH is 1. The summed E-state index contributed by atoms with van der Waals surface area (Å²) < 4.78 is 17.5. The van der Waals surface area contributed by atoms with Crippen LogP contribution in [0.3, 0.4) is 0 Å². The van der Waals surface area contributed by atoms with Gasteiger partial charge in [0.05, 0.1) is 32.1 Å². The maximum Gasteiger partial charge on any atom is 0.314 e. The number of aromatic nitrogens is 1. The molecule has 3 aromatic rings. The van der Waals surface area contributed by atoms with Crippen LogP contribution in [0.1, 0.15) is 34.1 Å². The van der Waals surface area contributed by atoms with Gasteiger partial charge in [0.15, 0.2) is 0 Å². The topological polar surface area (TPSA) is 91.5 Å². The van der Waals surface area contributed by atoms with Gasteiger partial charge in [0.2, 0.25) is 0 Å². The molecule has 9 heteroatoms. The van der Waals surface area contributed by atoms with E-state index in [1.807, 2.05) is 29.2 Å². The fraction of sp³-hybridized carbons (Fsp3) is 0.467. The Morgan fingerprint density at radius 1 is 1.00 bits per heavy atom. The number of nitrogens with zero attached hydrogens (tertiary/aromatic N) is 4. The van der Waals surface area contributed by atoms with Gasteiger partial charge in [0.25, 0.3) is 5.89 Å². The summed E-state index contributed by atoms with van der Waals surface area (Å²) in [7, 11) is 0. The van der Waals surface area contributed by atoms with E-state index in [0.717, 1.165) is 98.2 Å². The number of carbonyl (C=O) groups is 1. The standard InChI is InChI=1S/C30H36N4O5/c35-16-12-33-11-9-26-28(21-33)39-29(31-26)30(36)34-10-3-7-25-24(6-2-8-27(25)34)22-4-1-5-23(20-22)38-19-15-32-13-17-37-18-14-32/h1-2,4-6,8,20,35H,3,7,9-19,21H2. The predicted octanol–water partition coefficient (Wildman–Crippen LogP) is 3.00. The van der Waals surface area contributed by atoms with Gasteiger partial charge in [0, 0.05) is 51.4 Å². The van der Waals surface area contributed by atoms with E-state index in [0.29, 0.717) is 26.2 Å². The number of benzene rings is 2. The Labute approximate surface area is 228 Å². The fourth-order valence-electron chi connectivity index (χ4n) is 5.76. The molecule has 0 radical (unpaired) electrons. The molecule has 0 aliphatic carbocycles. The highest BCUT2D eigenvalue weighted by atomic mass is 16.5. The summed E-state index contributed by atoms with van der Waals surface area (Å²) in [5.41, 5.74) is 5.13. The van der Waals surface area contributed by atoms with Gasteiger partial charge in [-0.1, -0.05) is 24.3 Å². The number of β-amino-alcohol motifs (C(OH)–C–C–N with tert-alkyl or cyclic N) is 1. The van der Waals surface area contributed by atoms with Gasteiger partial charge >= 0.3 is 5.91 Å². The van der Waals surface area contributed by atoms with Crippen LogP contribution in [0.2, 0.25) is 0 Å². The van der Waals surface area contributed by atoms with E-state index in [-0.39, 0.29) is 18.4 Å². The highest BCUT2D eigenvalue weighted by molar-refractivity contribution is 6.04. The van der Waals surface area contributed by atoms with E-state index in [9.17, 15) is 9.90 Å². The lowest BCUT2D eigenvalue weighted by Crippen LogP contribution is -2.38. The third-order valence-corrected chi connectivity index (χ3v) is 7.83. The minimum Gasteiger partial charge on any atom is -0.492 e. The Morgan fingerprint density at radius 2 is 1.87 bits per heavy atom. The fourth-order valence-corrected chi connectivity index (χ4v) is 5.76. The normalized spacial score (nSPS) is 18.0. The molecule has 0 bridgehead atoms. The van der Waals surface area contributed by atoms with Crippen molar-refractivity contribution in [3.05, 3.63) is 65.4 Å². The largest absolute Gasteiger partial charge is 0.492 e. The number of ether oxygens (including phenoxy) is 2. The molecule has 4 heterocycles. The number of oxazole rings is 1. The second-order valence-corrected chi connectivity index (χ2v) is 10.3. The molecule has 39 heavy (non-hydrogen) atoms. The number of rotatable bonds is 8. The van der Waals surface area contributed by atoms with Crippen LogP contribution in [-0.2, 0) is 24.1 Å². The molecule has 1 fully saturated rings. The van der Waals surface area contributed by atoms with Crippen molar-refractivity contribution in [1.82, 2.24) is 14.8 Å². The molecular weight excluding hydrogens is 496 g/mol. The predicted molar refractivity (Wildman–Crippen MR) is 147 cm³/mol. The van der Waals surface area contributed by atoms with Gasteiger partial charge < -0.3 is 23.9 Å². The summed E-state index contributed by atoms with van der Waals surface area (Å²) in [5, 5.41) is 9.27. The van der Waals surface area contributed by atoms with Crippen LogP contribution in [0.4, 0.5) is 5.69 Å². The molecule has 1 aromatic heterocycles. The van der Waals surface area contributed by atoms with Crippen molar-refractivity contribution in [2.24, 2.45) is 0 Å². The average Bonchev–Trinajstić information content (AvgIpc) is 3.41. The molecular formula is C30H36N4O5. The first-order valence-electron chi connectivity index (χ1n) is 14.0. The maximum atomic E-state index is 13.6. The zero-order chi connectivity index (χ0) is 26.6. The van der Waals surface area contributed by atoms with Crippen LogP contribution in [0.15, 0.2) is 46.9 Å². The first-order valence-corrected chi connectivity index (χ1v) is 14.0. The monoisotopic (exact) mass is 532 g/mol. The second-order valence-electron chi connectivity index (χ2n) is 10.3. The number of aliphatic hydroxyl groups is 1. The lowest BCUT2D eigenvalue weighted by molar-refractivity contribution is 0.0322. The Morgan fingerprint density at radius 3 is 2.74 bits per heavy atom. The molecule has 0 atom stereocenters. The van der Waals surface area contributed by atoms with Crippen molar-refractivity contribution in [2.75, 3.05) is 70.6 Å². The van der Waals surface area contributed by atoms with Gasteiger partial charge in [-0.25, -0.2) is 4.98 Å². The van der Waals surface area contributed by atoms with E-state index in [1.165, 1.54) is 0 Å². The smallest absolute Gasteiger partial charge is 0.314 e. The Hall–Kier alpha value is -3.24. The minimum atomic E-state index is -0.198. The number of hydrogen-bond donors (Lipinski definition) is 1. The summed E-state index contributed by atoms with van der Waals surface area (Å²) in [6, 6.07) is 14.4. The van der Waals surface area contributed by atoms with Crippen LogP contribution < -0.4 is 9.64 Å². The maximum absolute atomic E-state index is 13.6. The summed E-state index contributed by atoms with van der Waals surface area (Å²) in [6.07, 6.45) is 2.49. The number of hydrogen-bond acceptors (Lipinski definition) is 8. The molecule has 206 valence electrons. The Balaban J connectivity index is 1.19. The van der Waals surface area contributed by atoms with E-state index < -0.39 is 0 Å². The number of morpholine rings is 1. The van der Waals surface area contributed by atoms with E-state index in [4.69, 9.17) is 13.9 Å². The Bertz CT molecular complexity index is 1300. The lowest BCUT2D eigenvalue weighted by atomic mass is 9.92. The van der Waals surface area contributed by atoms with Crippen molar-refractivity contribution in [3.8, 4) is 16.9 Å². The van der Waals surface area contributed by atoms with Crippen molar-refractivity contribution in [1.29, 1.82) is 0 Å². The number of fused-ring (bicyclic) bond motifs is 2. The third-order valence-electron chi connectivity index (χ3n) is 7.83. The van der Waals surface area contributed by atoms with Gasteiger partial charge in [-0.05, 0) is 47.7 Å². The third kappa shape index (κ3) is 5.72. The lowest BCUT2D eigenvalue weighted by Gasteiger charge is -2.30. The number of carbonyl (C=O) groups excluding carboxylic acids is 1. The summed E-state index contributed by atoms with van der Waals surface area (Å²) in [4.78, 5) is 24.5. The van der Waals surface area contributed by atoms with Crippen LogP contribution >= 0.6 is 0 Å². The summed E-state index contributed by atoms with van der Waals surface area (Å²) in [5.74, 6) is 1.54. The van der Waals surface area contributed by atoms with Crippen LogP contribution in [0.5, 0.6) is 5.75 Å². The molecule has 1 saturated heterocycles. The van der Waals surface area contributed by atoms with Crippen molar-refractivity contribution in [3.63, 3.8) is 0 Å². The molecule has 3 aliphatic rings. The average molecular weight is 533 g/mol. The van der Waals surface area contributed by atoms with Crippen molar-refractivity contribution in [2.45, 2.75) is 25.8 Å².